The molecule has 2 aliphatic heterocycles. The maximum Gasteiger partial charge on any atom is 0.141 e. The van der Waals surface area contributed by atoms with Crippen molar-refractivity contribution in [3.8, 4) is 0 Å². The molecule has 2 bridgehead atoms. The van der Waals surface area contributed by atoms with Gasteiger partial charge in [0.2, 0.25) is 0 Å². The lowest BCUT2D eigenvalue weighted by Crippen LogP contribution is -2.51. The molecule has 2 saturated heterocycles. The van der Waals surface area contributed by atoms with Gasteiger partial charge in [-0.05, 0) is 18.9 Å². The van der Waals surface area contributed by atoms with Gasteiger partial charge in [-0.3, -0.25) is 4.98 Å². The number of rotatable bonds is 1. The van der Waals surface area contributed by atoms with Crippen LogP contribution in [0, 0.1) is 0 Å². The summed E-state index contributed by atoms with van der Waals surface area (Å²) in [5.74, 6) is 1.03. The molecule has 0 aromatic carbocycles. The van der Waals surface area contributed by atoms with Gasteiger partial charge in [0.05, 0.1) is 10.9 Å². The Hall–Kier alpha value is -1.75. The predicted octanol–water partition coefficient (Wildman–Crippen LogP) is 0.965. The highest BCUT2D eigenvalue weighted by Gasteiger charge is 2.33. The molecule has 0 amide bonds. The van der Waals surface area contributed by atoms with Crippen molar-refractivity contribution in [3.05, 3.63) is 24.8 Å². The average molecular weight is 241 g/mol. The smallest absolute Gasteiger partial charge is 0.141 e. The lowest BCUT2D eigenvalue weighted by molar-refractivity contribution is 0.464. The zero-order valence-corrected chi connectivity index (χ0v) is 10.1. The summed E-state index contributed by atoms with van der Waals surface area (Å²) in [7, 11) is 0. The minimum absolute atomic E-state index is 0.616. The molecular weight excluding hydrogens is 226 g/mol. The number of hydrogen-bond acceptors (Lipinski definition) is 5. The summed E-state index contributed by atoms with van der Waals surface area (Å²) in [5.41, 5.74) is 0.973. The fourth-order valence-electron chi connectivity index (χ4n) is 3.11. The van der Waals surface area contributed by atoms with Crippen molar-refractivity contribution in [2.75, 3.05) is 18.0 Å². The van der Waals surface area contributed by atoms with E-state index in [9.17, 15) is 0 Å². The van der Waals surface area contributed by atoms with E-state index >= 15 is 0 Å². The topological polar surface area (TPSA) is 53.9 Å². The van der Waals surface area contributed by atoms with Crippen molar-refractivity contribution < 1.29 is 0 Å². The van der Waals surface area contributed by atoms with Crippen LogP contribution in [0.1, 0.15) is 12.8 Å². The van der Waals surface area contributed by atoms with Crippen molar-refractivity contribution in [1.82, 2.24) is 20.3 Å². The average Bonchev–Trinajstić information content (AvgIpc) is 2.77. The van der Waals surface area contributed by atoms with Gasteiger partial charge in [0.25, 0.3) is 0 Å². The van der Waals surface area contributed by atoms with Gasteiger partial charge < -0.3 is 10.2 Å². The summed E-state index contributed by atoms with van der Waals surface area (Å²) in [6.45, 7) is 2.08. The summed E-state index contributed by atoms with van der Waals surface area (Å²) in [6, 6.07) is 3.17. The van der Waals surface area contributed by atoms with Gasteiger partial charge in [0.1, 0.15) is 12.1 Å². The van der Waals surface area contributed by atoms with Crippen LogP contribution in [-0.2, 0) is 0 Å². The number of fused-ring (bicyclic) bond motifs is 3. The third kappa shape index (κ3) is 1.54. The normalized spacial score (nSPS) is 26.8. The van der Waals surface area contributed by atoms with Crippen LogP contribution in [0.4, 0.5) is 5.82 Å². The third-order valence-corrected chi connectivity index (χ3v) is 3.93. The van der Waals surface area contributed by atoms with Crippen LogP contribution in [0.5, 0.6) is 0 Å². The number of pyridine rings is 1. The van der Waals surface area contributed by atoms with Crippen LogP contribution < -0.4 is 10.2 Å². The molecule has 0 radical (unpaired) electrons. The molecule has 5 heteroatoms. The summed E-state index contributed by atoms with van der Waals surface area (Å²) in [4.78, 5) is 15.4. The second-order valence-electron chi connectivity index (χ2n) is 5.13. The lowest BCUT2D eigenvalue weighted by atomic mass is 10.2. The number of piperazine rings is 1. The molecule has 2 unspecified atom stereocenters. The molecule has 0 spiro atoms. The fraction of sp³-hybridized carbons (Fsp3) is 0.462. The standard InChI is InChI=1S/C13H15N5/c1-2-10-7-18(6-9(1)17-10)13-11-5-14-4-3-12(11)15-8-16-13/h3-5,8-10,17H,1-2,6-7H2. The first-order chi connectivity index (χ1) is 8.90. The van der Waals surface area contributed by atoms with Gasteiger partial charge in [-0.25, -0.2) is 9.97 Å². The number of hydrogen-bond donors (Lipinski definition) is 1. The monoisotopic (exact) mass is 241 g/mol. The molecule has 0 saturated carbocycles. The highest BCUT2D eigenvalue weighted by molar-refractivity contribution is 5.88. The van der Waals surface area contributed by atoms with E-state index < -0.39 is 0 Å². The third-order valence-electron chi connectivity index (χ3n) is 3.93. The highest BCUT2D eigenvalue weighted by Crippen LogP contribution is 2.27. The molecule has 2 aliphatic rings. The minimum Gasteiger partial charge on any atom is -0.353 e. The molecule has 2 aromatic heterocycles. The first-order valence-corrected chi connectivity index (χ1v) is 6.46. The Kier molecular flexibility index (Phi) is 2.20. The lowest BCUT2D eigenvalue weighted by Gasteiger charge is -2.34. The summed E-state index contributed by atoms with van der Waals surface area (Å²) >= 11 is 0. The van der Waals surface area contributed by atoms with Crippen LogP contribution >= 0.6 is 0 Å². The molecule has 1 N–H and O–H groups in total. The summed E-state index contributed by atoms with van der Waals surface area (Å²) in [5, 5.41) is 4.69. The Morgan fingerprint density at radius 3 is 2.83 bits per heavy atom. The maximum atomic E-state index is 4.47. The number of nitrogens with one attached hydrogen (secondary N) is 1. The van der Waals surface area contributed by atoms with Crippen molar-refractivity contribution in [2.45, 2.75) is 24.9 Å². The van der Waals surface area contributed by atoms with Gasteiger partial charge in [-0.2, -0.15) is 0 Å². The molecule has 2 atom stereocenters. The maximum absolute atomic E-state index is 4.47. The molecule has 5 nitrogen and oxygen atoms in total. The SMILES string of the molecule is c1cc2ncnc(N3CC4CCC(C3)N4)c2cn1. The minimum atomic E-state index is 0.616. The molecule has 0 aliphatic carbocycles. The molecule has 4 rings (SSSR count). The molecular formula is C13H15N5. The van der Waals surface area contributed by atoms with Crippen LogP contribution in [-0.4, -0.2) is 40.1 Å². The number of aromatic nitrogens is 3. The van der Waals surface area contributed by atoms with E-state index in [1.54, 1.807) is 12.5 Å². The van der Waals surface area contributed by atoms with E-state index in [0.717, 1.165) is 29.8 Å². The quantitative estimate of drug-likeness (QED) is 0.806. The second kappa shape index (κ2) is 3.88. The van der Waals surface area contributed by atoms with E-state index in [-0.39, 0.29) is 0 Å². The molecule has 18 heavy (non-hydrogen) atoms. The second-order valence-corrected chi connectivity index (χ2v) is 5.13. The van der Waals surface area contributed by atoms with Crippen LogP contribution in [0.2, 0.25) is 0 Å². The van der Waals surface area contributed by atoms with Crippen LogP contribution in [0.3, 0.4) is 0 Å². The Labute approximate surface area is 105 Å². The van der Waals surface area contributed by atoms with Gasteiger partial charge in [-0.15, -0.1) is 0 Å². The Morgan fingerprint density at radius 1 is 1.17 bits per heavy atom. The molecule has 2 aromatic rings. The fourth-order valence-corrected chi connectivity index (χ4v) is 3.11. The Morgan fingerprint density at radius 2 is 2.00 bits per heavy atom. The van der Waals surface area contributed by atoms with E-state index in [1.807, 2.05) is 12.3 Å². The van der Waals surface area contributed by atoms with Crippen molar-refractivity contribution >= 4 is 16.7 Å². The first-order valence-electron chi connectivity index (χ1n) is 6.46. The Bertz CT molecular complexity index is 567. The van der Waals surface area contributed by atoms with E-state index in [2.05, 4.69) is 25.2 Å². The van der Waals surface area contributed by atoms with E-state index in [1.165, 1.54) is 12.8 Å². The van der Waals surface area contributed by atoms with E-state index in [4.69, 9.17) is 0 Å². The largest absolute Gasteiger partial charge is 0.353 e. The van der Waals surface area contributed by atoms with Gasteiger partial charge in [0.15, 0.2) is 0 Å². The Balaban J connectivity index is 1.78. The first kappa shape index (κ1) is 10.2. The molecule has 2 fully saturated rings. The van der Waals surface area contributed by atoms with Gasteiger partial charge in [0, 0.05) is 37.6 Å². The van der Waals surface area contributed by atoms with Crippen LogP contribution in [0.15, 0.2) is 24.8 Å². The van der Waals surface area contributed by atoms with Crippen molar-refractivity contribution in [3.63, 3.8) is 0 Å². The summed E-state index contributed by atoms with van der Waals surface area (Å²) < 4.78 is 0. The van der Waals surface area contributed by atoms with Crippen LogP contribution in [0.25, 0.3) is 10.9 Å². The zero-order valence-electron chi connectivity index (χ0n) is 10.1. The van der Waals surface area contributed by atoms with Crippen molar-refractivity contribution in [1.29, 1.82) is 0 Å². The number of nitrogens with zero attached hydrogens (tertiary/aromatic N) is 4. The van der Waals surface area contributed by atoms with Gasteiger partial charge in [-0.1, -0.05) is 0 Å². The van der Waals surface area contributed by atoms with E-state index in [0.29, 0.717) is 12.1 Å². The highest BCUT2D eigenvalue weighted by atomic mass is 15.3. The van der Waals surface area contributed by atoms with Crippen molar-refractivity contribution in [2.24, 2.45) is 0 Å². The zero-order chi connectivity index (χ0) is 11.9. The molecule has 4 heterocycles. The number of anilines is 1. The van der Waals surface area contributed by atoms with Gasteiger partial charge >= 0.3 is 0 Å². The summed E-state index contributed by atoms with van der Waals surface area (Å²) in [6.07, 6.45) is 7.86. The molecule has 92 valence electrons. The predicted molar refractivity (Wildman–Crippen MR) is 69.5 cm³/mol.